The van der Waals surface area contributed by atoms with Crippen LogP contribution in [0.25, 0.3) is 10.8 Å². The number of hydrogen-bond donors (Lipinski definition) is 2. The zero-order chi connectivity index (χ0) is 14.7. The number of primary amides is 1. The minimum absolute atomic E-state index is 0.158. The zero-order valence-corrected chi connectivity index (χ0v) is 10.8. The van der Waals surface area contributed by atoms with Crippen LogP contribution in [-0.4, -0.2) is 28.2 Å². The van der Waals surface area contributed by atoms with Gasteiger partial charge in [-0.25, -0.2) is 5.10 Å². The quantitative estimate of drug-likeness (QED) is 0.755. The maximum Gasteiger partial charge on any atom is 0.312 e. The van der Waals surface area contributed by atoms with Gasteiger partial charge in [-0.15, -0.1) is 0 Å². The molecule has 20 heavy (non-hydrogen) atoms. The highest BCUT2D eigenvalue weighted by atomic mass is 16.5. The molecule has 3 N–H and O–H groups in total. The van der Waals surface area contributed by atoms with Crippen LogP contribution in [-0.2, 0) is 20.7 Å². The van der Waals surface area contributed by atoms with E-state index in [0.29, 0.717) is 16.5 Å². The number of rotatable bonds is 4. The average Bonchev–Trinajstić information content (AvgIpc) is 2.42. The Morgan fingerprint density at radius 3 is 2.65 bits per heavy atom. The fourth-order valence-electron chi connectivity index (χ4n) is 1.74. The summed E-state index contributed by atoms with van der Waals surface area (Å²) < 4.78 is 4.85. The average molecular weight is 275 g/mol. The first-order chi connectivity index (χ1) is 9.49. The number of amides is 1. The SMILES string of the molecule is C[C@@H](OC(=O)Cc1n[nH]c(=O)c2ccccc12)C(N)=O. The summed E-state index contributed by atoms with van der Waals surface area (Å²) in [7, 11) is 0. The number of carbonyl (C=O) groups is 2. The summed E-state index contributed by atoms with van der Waals surface area (Å²) in [4.78, 5) is 34.1. The molecule has 2 aromatic rings. The predicted molar refractivity (Wildman–Crippen MR) is 70.8 cm³/mol. The second-order valence-corrected chi connectivity index (χ2v) is 4.26. The lowest BCUT2D eigenvalue weighted by molar-refractivity contribution is -0.153. The summed E-state index contributed by atoms with van der Waals surface area (Å²) in [6.45, 7) is 1.39. The van der Waals surface area contributed by atoms with Crippen molar-refractivity contribution in [2.75, 3.05) is 0 Å². The van der Waals surface area contributed by atoms with E-state index in [4.69, 9.17) is 10.5 Å². The molecule has 0 saturated carbocycles. The van der Waals surface area contributed by atoms with Crippen LogP contribution in [0.5, 0.6) is 0 Å². The van der Waals surface area contributed by atoms with Gasteiger partial charge < -0.3 is 10.5 Å². The van der Waals surface area contributed by atoms with Crippen molar-refractivity contribution in [1.82, 2.24) is 10.2 Å². The third kappa shape index (κ3) is 2.82. The van der Waals surface area contributed by atoms with Crippen molar-refractivity contribution < 1.29 is 14.3 Å². The standard InChI is InChI=1S/C13H13N3O4/c1-7(12(14)18)20-11(17)6-10-8-4-2-3-5-9(8)13(19)16-15-10/h2-5,7H,6H2,1H3,(H2,14,18)(H,16,19)/t7-/m1/s1. The van der Waals surface area contributed by atoms with E-state index in [2.05, 4.69) is 10.2 Å². The molecule has 0 aliphatic rings. The highest BCUT2D eigenvalue weighted by Gasteiger charge is 2.17. The van der Waals surface area contributed by atoms with Crippen molar-refractivity contribution in [2.45, 2.75) is 19.4 Å². The molecule has 7 heteroatoms. The summed E-state index contributed by atoms with van der Waals surface area (Å²) in [6, 6.07) is 6.79. The number of aromatic amines is 1. The summed E-state index contributed by atoms with van der Waals surface area (Å²) >= 11 is 0. The van der Waals surface area contributed by atoms with Crippen molar-refractivity contribution in [3.63, 3.8) is 0 Å². The van der Waals surface area contributed by atoms with Gasteiger partial charge in [0.15, 0.2) is 6.10 Å². The summed E-state index contributed by atoms with van der Waals surface area (Å²) in [5.41, 5.74) is 5.06. The number of hydrogen-bond acceptors (Lipinski definition) is 5. The number of fused-ring (bicyclic) bond motifs is 1. The first-order valence-electron chi connectivity index (χ1n) is 5.94. The van der Waals surface area contributed by atoms with Crippen LogP contribution in [0.4, 0.5) is 0 Å². The molecule has 104 valence electrons. The fraction of sp³-hybridized carbons (Fsp3) is 0.231. The smallest absolute Gasteiger partial charge is 0.312 e. The molecule has 1 heterocycles. The van der Waals surface area contributed by atoms with Gasteiger partial charge in [0.2, 0.25) is 0 Å². The highest BCUT2D eigenvalue weighted by molar-refractivity contribution is 5.88. The van der Waals surface area contributed by atoms with Gasteiger partial charge in [-0.2, -0.15) is 5.10 Å². The molecule has 1 aromatic carbocycles. The van der Waals surface area contributed by atoms with Crippen LogP contribution < -0.4 is 11.3 Å². The fourth-order valence-corrected chi connectivity index (χ4v) is 1.74. The van der Waals surface area contributed by atoms with E-state index in [1.165, 1.54) is 6.92 Å². The first kappa shape index (κ1) is 13.7. The Kier molecular flexibility index (Phi) is 3.79. The maximum atomic E-state index is 11.7. The minimum atomic E-state index is -1.00. The predicted octanol–water partition coefficient (Wildman–Crippen LogP) is -0.117. The number of H-pyrrole nitrogens is 1. The normalized spacial score (nSPS) is 12.1. The number of nitrogens with one attached hydrogen (secondary N) is 1. The third-order valence-electron chi connectivity index (χ3n) is 2.80. The van der Waals surface area contributed by atoms with Gasteiger partial charge in [-0.1, -0.05) is 18.2 Å². The molecule has 0 fully saturated rings. The molecule has 1 atom stereocenters. The molecule has 0 bridgehead atoms. The second-order valence-electron chi connectivity index (χ2n) is 4.26. The van der Waals surface area contributed by atoms with E-state index in [0.717, 1.165) is 0 Å². The van der Waals surface area contributed by atoms with Gasteiger partial charge in [0.05, 0.1) is 17.5 Å². The van der Waals surface area contributed by atoms with E-state index in [1.807, 2.05) is 0 Å². The molecule has 0 radical (unpaired) electrons. The molecule has 1 amide bonds. The van der Waals surface area contributed by atoms with Gasteiger partial charge in [0.1, 0.15) is 0 Å². The van der Waals surface area contributed by atoms with Crippen molar-refractivity contribution >= 4 is 22.6 Å². The molecule has 0 aliphatic heterocycles. The molecular formula is C13H13N3O4. The lowest BCUT2D eigenvalue weighted by Crippen LogP contribution is -2.31. The van der Waals surface area contributed by atoms with E-state index < -0.39 is 18.0 Å². The Morgan fingerprint density at radius 2 is 2.00 bits per heavy atom. The molecule has 1 aromatic heterocycles. The Morgan fingerprint density at radius 1 is 1.35 bits per heavy atom. The van der Waals surface area contributed by atoms with Crippen LogP contribution >= 0.6 is 0 Å². The number of benzene rings is 1. The Labute approximate surface area is 113 Å². The van der Waals surface area contributed by atoms with Crippen LogP contribution in [0.3, 0.4) is 0 Å². The van der Waals surface area contributed by atoms with Gasteiger partial charge in [0.25, 0.3) is 11.5 Å². The number of esters is 1. The molecular weight excluding hydrogens is 262 g/mol. The van der Waals surface area contributed by atoms with E-state index in [9.17, 15) is 14.4 Å². The molecule has 0 saturated heterocycles. The summed E-state index contributed by atoms with van der Waals surface area (Å²) in [6.07, 6.45) is -1.16. The van der Waals surface area contributed by atoms with Gasteiger partial charge in [-0.3, -0.25) is 14.4 Å². The van der Waals surface area contributed by atoms with Crippen LogP contribution in [0, 0.1) is 0 Å². The Hall–Kier alpha value is -2.70. The van der Waals surface area contributed by atoms with E-state index >= 15 is 0 Å². The number of aromatic nitrogens is 2. The van der Waals surface area contributed by atoms with Crippen molar-refractivity contribution in [3.05, 3.63) is 40.3 Å². The lowest BCUT2D eigenvalue weighted by Gasteiger charge is -2.09. The second kappa shape index (κ2) is 5.52. The Bertz CT molecular complexity index is 723. The van der Waals surface area contributed by atoms with Gasteiger partial charge in [0, 0.05) is 5.39 Å². The monoisotopic (exact) mass is 275 g/mol. The van der Waals surface area contributed by atoms with Crippen LogP contribution in [0.15, 0.2) is 29.1 Å². The topological polar surface area (TPSA) is 115 Å². The van der Waals surface area contributed by atoms with Gasteiger partial charge in [-0.05, 0) is 13.0 Å². The number of nitrogens with zero attached hydrogens (tertiary/aromatic N) is 1. The van der Waals surface area contributed by atoms with Crippen molar-refractivity contribution in [2.24, 2.45) is 5.73 Å². The number of carbonyl (C=O) groups excluding carboxylic acids is 2. The largest absolute Gasteiger partial charge is 0.452 e. The lowest BCUT2D eigenvalue weighted by atomic mass is 10.1. The minimum Gasteiger partial charge on any atom is -0.452 e. The molecule has 2 rings (SSSR count). The third-order valence-corrected chi connectivity index (χ3v) is 2.80. The van der Waals surface area contributed by atoms with E-state index in [1.54, 1.807) is 24.3 Å². The molecule has 0 unspecified atom stereocenters. The summed E-state index contributed by atoms with van der Waals surface area (Å²) in [5.74, 6) is -1.36. The van der Waals surface area contributed by atoms with E-state index in [-0.39, 0.29) is 12.0 Å². The Balaban J connectivity index is 2.26. The first-order valence-corrected chi connectivity index (χ1v) is 5.94. The number of ether oxygens (including phenoxy) is 1. The maximum absolute atomic E-state index is 11.7. The van der Waals surface area contributed by atoms with Crippen molar-refractivity contribution in [3.8, 4) is 0 Å². The van der Waals surface area contributed by atoms with Crippen LogP contribution in [0.2, 0.25) is 0 Å². The zero-order valence-electron chi connectivity index (χ0n) is 10.8. The van der Waals surface area contributed by atoms with Gasteiger partial charge >= 0.3 is 5.97 Å². The van der Waals surface area contributed by atoms with Crippen molar-refractivity contribution in [1.29, 1.82) is 0 Å². The molecule has 0 aliphatic carbocycles. The highest BCUT2D eigenvalue weighted by Crippen LogP contribution is 2.13. The van der Waals surface area contributed by atoms with Crippen LogP contribution in [0.1, 0.15) is 12.6 Å². The summed E-state index contributed by atoms with van der Waals surface area (Å²) in [5, 5.41) is 7.17. The number of nitrogens with two attached hydrogens (primary N) is 1. The molecule has 7 nitrogen and oxygen atoms in total. The molecule has 0 spiro atoms.